The maximum absolute atomic E-state index is 11.8. The lowest BCUT2D eigenvalue weighted by atomic mass is 9.65. The van der Waals surface area contributed by atoms with Crippen LogP contribution in [0.25, 0.3) is 0 Å². The van der Waals surface area contributed by atoms with Crippen molar-refractivity contribution in [3.63, 3.8) is 0 Å². The predicted molar refractivity (Wildman–Crippen MR) is 81.0 cm³/mol. The Kier molecular flexibility index (Phi) is 3.59. The summed E-state index contributed by atoms with van der Waals surface area (Å²) in [5.74, 6) is 1.49. The number of carbonyl (C=O) groups is 1. The fraction of sp³-hybridized carbons (Fsp3) is 0.611. The highest BCUT2D eigenvalue weighted by Crippen LogP contribution is 2.46. The van der Waals surface area contributed by atoms with Crippen LogP contribution < -0.4 is 0 Å². The van der Waals surface area contributed by atoms with Gasteiger partial charge >= 0.3 is 0 Å². The number of rotatable bonds is 2. The summed E-state index contributed by atoms with van der Waals surface area (Å²) in [7, 11) is 0. The maximum atomic E-state index is 11.8. The molecule has 0 saturated heterocycles. The van der Waals surface area contributed by atoms with Gasteiger partial charge in [0.1, 0.15) is 0 Å². The van der Waals surface area contributed by atoms with E-state index in [0.717, 1.165) is 11.1 Å². The molecule has 1 unspecified atom stereocenters. The van der Waals surface area contributed by atoms with Gasteiger partial charge in [-0.1, -0.05) is 33.8 Å². The van der Waals surface area contributed by atoms with Gasteiger partial charge in [0.05, 0.1) is 0 Å². The van der Waals surface area contributed by atoms with Crippen LogP contribution in [0.15, 0.2) is 12.1 Å². The Bertz CT molecular complexity index is 509. The molecule has 1 heteroatoms. The van der Waals surface area contributed by atoms with Gasteiger partial charge in [-0.2, -0.15) is 0 Å². The van der Waals surface area contributed by atoms with Crippen LogP contribution in [-0.4, -0.2) is 5.78 Å². The van der Waals surface area contributed by atoms with E-state index >= 15 is 0 Å². The third kappa shape index (κ3) is 2.48. The third-order valence-electron chi connectivity index (χ3n) is 4.79. The Balaban J connectivity index is 2.65. The summed E-state index contributed by atoms with van der Waals surface area (Å²) in [5.41, 5.74) is 5.10. The minimum Gasteiger partial charge on any atom is -0.295 e. The molecular weight excluding hydrogens is 232 g/mol. The molecule has 0 bridgehead atoms. The standard InChI is InChI=1S/C18H26O/c1-11(2)14-7-8-18(5,6)17-10-15(13(4)19)12(3)9-16(14)17/h9-11,14H,7-8H2,1-6H3. The van der Waals surface area contributed by atoms with E-state index in [1.165, 1.54) is 24.0 Å². The van der Waals surface area contributed by atoms with Gasteiger partial charge in [-0.3, -0.25) is 4.79 Å². The molecule has 104 valence electrons. The van der Waals surface area contributed by atoms with Gasteiger partial charge in [0.25, 0.3) is 0 Å². The smallest absolute Gasteiger partial charge is 0.160 e. The van der Waals surface area contributed by atoms with Crippen LogP contribution in [0, 0.1) is 12.8 Å². The number of hydrogen-bond donors (Lipinski definition) is 0. The Morgan fingerprint density at radius 3 is 2.47 bits per heavy atom. The summed E-state index contributed by atoms with van der Waals surface area (Å²) in [6, 6.07) is 4.44. The van der Waals surface area contributed by atoms with Gasteiger partial charge in [0.15, 0.2) is 5.78 Å². The normalized spacial score (nSPS) is 21.3. The van der Waals surface area contributed by atoms with Crippen molar-refractivity contribution in [2.75, 3.05) is 0 Å². The molecule has 0 heterocycles. The monoisotopic (exact) mass is 258 g/mol. The molecule has 1 aromatic carbocycles. The summed E-state index contributed by atoms with van der Waals surface area (Å²) in [4.78, 5) is 11.8. The largest absolute Gasteiger partial charge is 0.295 e. The molecule has 2 rings (SSSR count). The Hall–Kier alpha value is -1.11. The van der Waals surface area contributed by atoms with Crippen LogP contribution in [0.1, 0.15) is 80.4 Å². The van der Waals surface area contributed by atoms with E-state index in [2.05, 4.69) is 46.8 Å². The number of fused-ring (bicyclic) bond motifs is 1. The molecule has 1 aromatic rings. The number of hydrogen-bond acceptors (Lipinski definition) is 1. The molecule has 19 heavy (non-hydrogen) atoms. The zero-order chi connectivity index (χ0) is 14.4. The Morgan fingerprint density at radius 1 is 1.32 bits per heavy atom. The summed E-state index contributed by atoms with van der Waals surface area (Å²) in [6.45, 7) is 13.0. The average Bonchev–Trinajstić information content (AvgIpc) is 2.26. The van der Waals surface area contributed by atoms with E-state index in [-0.39, 0.29) is 11.2 Å². The van der Waals surface area contributed by atoms with E-state index < -0.39 is 0 Å². The SMILES string of the molecule is CC(=O)c1cc2c(cc1C)C(C(C)C)CCC2(C)C. The molecule has 1 nitrogen and oxygen atoms in total. The van der Waals surface area contributed by atoms with Gasteiger partial charge in [-0.15, -0.1) is 0 Å². The summed E-state index contributed by atoms with van der Waals surface area (Å²) in [6.07, 6.45) is 2.47. The Labute approximate surface area is 117 Å². The number of Topliss-reactive ketones (excluding diaryl/α,β-unsaturated/α-hetero) is 1. The highest BCUT2D eigenvalue weighted by Gasteiger charge is 2.34. The molecule has 0 fully saturated rings. The van der Waals surface area contributed by atoms with Crippen molar-refractivity contribution in [2.45, 2.75) is 65.7 Å². The van der Waals surface area contributed by atoms with Crippen LogP contribution in [0.4, 0.5) is 0 Å². The second kappa shape index (κ2) is 4.77. The lowest BCUT2D eigenvalue weighted by Gasteiger charge is -2.39. The van der Waals surface area contributed by atoms with Crippen molar-refractivity contribution < 1.29 is 4.79 Å². The van der Waals surface area contributed by atoms with E-state index in [0.29, 0.717) is 11.8 Å². The van der Waals surface area contributed by atoms with Crippen molar-refractivity contribution in [1.29, 1.82) is 0 Å². The number of ketones is 1. The molecule has 1 aliphatic rings. The van der Waals surface area contributed by atoms with Crippen LogP contribution in [0.2, 0.25) is 0 Å². The molecule has 0 aliphatic heterocycles. The van der Waals surface area contributed by atoms with E-state index in [1.807, 2.05) is 0 Å². The van der Waals surface area contributed by atoms with E-state index in [4.69, 9.17) is 0 Å². The Morgan fingerprint density at radius 2 is 1.95 bits per heavy atom. The number of aryl methyl sites for hydroxylation is 1. The van der Waals surface area contributed by atoms with Crippen LogP contribution in [0.5, 0.6) is 0 Å². The number of benzene rings is 1. The lowest BCUT2D eigenvalue weighted by Crippen LogP contribution is -2.28. The molecule has 0 aromatic heterocycles. The molecule has 0 spiro atoms. The fourth-order valence-corrected chi connectivity index (χ4v) is 3.50. The fourth-order valence-electron chi connectivity index (χ4n) is 3.50. The van der Waals surface area contributed by atoms with E-state index in [1.54, 1.807) is 6.92 Å². The predicted octanol–water partition coefficient (Wildman–Crippen LogP) is 5.01. The zero-order valence-electron chi connectivity index (χ0n) is 13.1. The third-order valence-corrected chi connectivity index (χ3v) is 4.79. The van der Waals surface area contributed by atoms with Gasteiger partial charge < -0.3 is 0 Å². The topological polar surface area (TPSA) is 17.1 Å². The van der Waals surface area contributed by atoms with Gasteiger partial charge in [0, 0.05) is 5.56 Å². The number of carbonyl (C=O) groups excluding carboxylic acids is 1. The quantitative estimate of drug-likeness (QED) is 0.682. The van der Waals surface area contributed by atoms with Crippen molar-refractivity contribution in [3.8, 4) is 0 Å². The van der Waals surface area contributed by atoms with Crippen molar-refractivity contribution in [3.05, 3.63) is 34.4 Å². The molecular formula is C18H26O. The summed E-state index contributed by atoms with van der Waals surface area (Å²) < 4.78 is 0. The van der Waals surface area contributed by atoms with Crippen LogP contribution in [0.3, 0.4) is 0 Å². The lowest BCUT2D eigenvalue weighted by molar-refractivity contribution is 0.101. The first-order chi connectivity index (χ1) is 8.74. The van der Waals surface area contributed by atoms with Crippen LogP contribution >= 0.6 is 0 Å². The van der Waals surface area contributed by atoms with Gasteiger partial charge in [-0.25, -0.2) is 0 Å². The van der Waals surface area contributed by atoms with E-state index in [9.17, 15) is 4.79 Å². The average molecular weight is 258 g/mol. The molecule has 0 radical (unpaired) electrons. The first kappa shape index (κ1) is 14.3. The molecule has 1 aliphatic carbocycles. The van der Waals surface area contributed by atoms with Gasteiger partial charge in [0.2, 0.25) is 0 Å². The first-order valence-electron chi connectivity index (χ1n) is 7.40. The van der Waals surface area contributed by atoms with Crippen molar-refractivity contribution in [1.82, 2.24) is 0 Å². The minimum absolute atomic E-state index is 0.183. The van der Waals surface area contributed by atoms with Gasteiger partial charge in [-0.05, 0) is 66.7 Å². The zero-order valence-corrected chi connectivity index (χ0v) is 13.1. The second-order valence-corrected chi connectivity index (χ2v) is 7.08. The second-order valence-electron chi connectivity index (χ2n) is 7.08. The molecule has 0 amide bonds. The molecule has 0 N–H and O–H groups in total. The molecule has 1 atom stereocenters. The summed E-state index contributed by atoms with van der Waals surface area (Å²) in [5, 5.41) is 0. The van der Waals surface area contributed by atoms with Crippen LogP contribution in [-0.2, 0) is 5.41 Å². The maximum Gasteiger partial charge on any atom is 0.160 e. The summed E-state index contributed by atoms with van der Waals surface area (Å²) >= 11 is 0. The highest BCUT2D eigenvalue weighted by atomic mass is 16.1. The molecule has 0 saturated carbocycles. The van der Waals surface area contributed by atoms with Crippen molar-refractivity contribution >= 4 is 5.78 Å². The highest BCUT2D eigenvalue weighted by molar-refractivity contribution is 5.96. The first-order valence-corrected chi connectivity index (χ1v) is 7.40. The minimum atomic E-state index is 0.183. The van der Waals surface area contributed by atoms with Crippen molar-refractivity contribution in [2.24, 2.45) is 5.92 Å².